The Hall–Kier alpha value is -1.95. The third kappa shape index (κ3) is 2.33. The second-order valence-corrected chi connectivity index (χ2v) is 4.65. The minimum atomic E-state index is -0.206. The van der Waals surface area contributed by atoms with Crippen molar-refractivity contribution >= 4 is 28.8 Å². The summed E-state index contributed by atoms with van der Waals surface area (Å²) in [4.78, 5) is 12.7. The van der Waals surface area contributed by atoms with E-state index in [-0.39, 0.29) is 5.91 Å². The Balaban J connectivity index is 2.27. The van der Waals surface area contributed by atoms with Gasteiger partial charge in [0.05, 0.1) is 17.1 Å². The summed E-state index contributed by atoms with van der Waals surface area (Å²) in [6, 6.07) is 5.51. The van der Waals surface area contributed by atoms with Crippen LogP contribution in [-0.2, 0) is 6.42 Å². The van der Waals surface area contributed by atoms with Crippen LogP contribution in [0.1, 0.15) is 27.9 Å². The molecule has 0 aliphatic carbocycles. The van der Waals surface area contributed by atoms with Crippen LogP contribution >= 0.6 is 11.5 Å². The van der Waals surface area contributed by atoms with Crippen molar-refractivity contribution in [3.05, 3.63) is 34.3 Å². The van der Waals surface area contributed by atoms with Crippen LogP contribution in [0.5, 0.6) is 0 Å². The molecule has 94 valence electrons. The lowest BCUT2D eigenvalue weighted by molar-refractivity contribution is 0.102. The molecule has 6 heteroatoms. The molecule has 1 amide bonds. The van der Waals surface area contributed by atoms with E-state index in [0.29, 0.717) is 28.4 Å². The van der Waals surface area contributed by atoms with Crippen LogP contribution in [0, 0.1) is 6.92 Å². The number of anilines is 2. The number of nitrogens with two attached hydrogens (primary N) is 1. The first-order chi connectivity index (χ1) is 8.63. The van der Waals surface area contributed by atoms with E-state index < -0.39 is 0 Å². The van der Waals surface area contributed by atoms with Crippen molar-refractivity contribution < 1.29 is 4.79 Å². The Morgan fingerprint density at radius 3 is 2.94 bits per heavy atom. The number of nitrogen functional groups attached to an aromatic ring is 1. The summed E-state index contributed by atoms with van der Waals surface area (Å²) in [5, 5.41) is 6.74. The van der Waals surface area contributed by atoms with Gasteiger partial charge in [0.1, 0.15) is 4.88 Å². The number of nitrogens with zero attached hydrogens (tertiary/aromatic N) is 2. The first-order valence-corrected chi connectivity index (χ1v) is 6.38. The van der Waals surface area contributed by atoms with Crippen molar-refractivity contribution in [2.75, 3.05) is 11.1 Å². The third-order valence-corrected chi connectivity index (χ3v) is 3.41. The molecule has 0 saturated carbocycles. The van der Waals surface area contributed by atoms with Crippen molar-refractivity contribution in [2.24, 2.45) is 0 Å². The molecule has 0 unspecified atom stereocenters. The molecule has 1 aromatic heterocycles. The van der Waals surface area contributed by atoms with Gasteiger partial charge in [-0.3, -0.25) is 4.79 Å². The molecule has 0 radical (unpaired) electrons. The maximum atomic E-state index is 12.1. The van der Waals surface area contributed by atoms with E-state index in [1.807, 2.05) is 26.0 Å². The molecule has 18 heavy (non-hydrogen) atoms. The molecular weight excluding hydrogens is 248 g/mol. The minimum absolute atomic E-state index is 0.206. The highest BCUT2D eigenvalue weighted by atomic mass is 32.1. The smallest absolute Gasteiger partial charge is 0.269 e. The Bertz CT molecular complexity index is 559. The summed E-state index contributed by atoms with van der Waals surface area (Å²) in [5.41, 5.74) is 8.70. The number of benzene rings is 1. The molecule has 0 aliphatic rings. The number of carbonyl (C=O) groups is 1. The third-order valence-electron chi connectivity index (χ3n) is 2.64. The highest BCUT2D eigenvalue weighted by molar-refractivity contribution is 7.08. The molecule has 0 fully saturated rings. The highest BCUT2D eigenvalue weighted by Crippen LogP contribution is 2.24. The van der Waals surface area contributed by atoms with E-state index in [9.17, 15) is 4.79 Å². The fourth-order valence-electron chi connectivity index (χ4n) is 1.64. The predicted molar refractivity (Wildman–Crippen MR) is 72.8 cm³/mol. The lowest BCUT2D eigenvalue weighted by Gasteiger charge is -2.10. The number of hydrogen-bond acceptors (Lipinski definition) is 5. The Morgan fingerprint density at radius 2 is 2.28 bits per heavy atom. The Kier molecular flexibility index (Phi) is 3.57. The Labute approximate surface area is 109 Å². The number of hydrogen-bond donors (Lipinski definition) is 2. The van der Waals surface area contributed by atoms with E-state index in [1.165, 1.54) is 0 Å². The first-order valence-electron chi connectivity index (χ1n) is 5.61. The van der Waals surface area contributed by atoms with Gasteiger partial charge in [0.25, 0.3) is 5.91 Å². The summed E-state index contributed by atoms with van der Waals surface area (Å²) in [6.45, 7) is 3.84. The average molecular weight is 262 g/mol. The number of amides is 1. The molecule has 3 N–H and O–H groups in total. The van der Waals surface area contributed by atoms with Crippen LogP contribution < -0.4 is 11.1 Å². The van der Waals surface area contributed by atoms with Gasteiger partial charge in [0.2, 0.25) is 0 Å². The topological polar surface area (TPSA) is 80.9 Å². The molecule has 5 nitrogen and oxygen atoms in total. The highest BCUT2D eigenvalue weighted by Gasteiger charge is 2.16. The number of aromatic nitrogens is 2. The van der Waals surface area contributed by atoms with Crippen LogP contribution in [0.4, 0.5) is 11.4 Å². The van der Waals surface area contributed by atoms with Crippen LogP contribution in [0.15, 0.2) is 18.2 Å². The van der Waals surface area contributed by atoms with Gasteiger partial charge in [0.15, 0.2) is 0 Å². The molecule has 1 aromatic carbocycles. The molecule has 2 aromatic rings. The standard InChI is InChI=1S/C12H14N4OS/c1-3-9-11(18-16-15-9)12(17)14-10-7(2)5-4-6-8(10)13/h4-6H,3,13H2,1-2H3,(H,14,17). The number of para-hydroxylation sites is 1. The molecule has 0 bridgehead atoms. The van der Waals surface area contributed by atoms with Gasteiger partial charge >= 0.3 is 0 Å². The molecule has 0 spiro atoms. The first kappa shape index (κ1) is 12.5. The van der Waals surface area contributed by atoms with Gasteiger partial charge in [0, 0.05) is 0 Å². The van der Waals surface area contributed by atoms with Crippen LogP contribution in [-0.4, -0.2) is 15.5 Å². The van der Waals surface area contributed by atoms with E-state index >= 15 is 0 Å². The van der Waals surface area contributed by atoms with Gasteiger partial charge in [-0.2, -0.15) is 0 Å². The van der Waals surface area contributed by atoms with E-state index in [2.05, 4.69) is 14.9 Å². The number of carbonyl (C=O) groups excluding carboxylic acids is 1. The second-order valence-electron chi connectivity index (χ2n) is 3.90. The molecule has 0 saturated heterocycles. The molecular formula is C12H14N4OS. The van der Waals surface area contributed by atoms with Crippen LogP contribution in [0.3, 0.4) is 0 Å². The summed E-state index contributed by atoms with van der Waals surface area (Å²) in [5.74, 6) is -0.206. The fourth-order valence-corrected chi connectivity index (χ4v) is 2.29. The second kappa shape index (κ2) is 5.14. The van der Waals surface area contributed by atoms with Crippen LogP contribution in [0.2, 0.25) is 0 Å². The maximum absolute atomic E-state index is 12.1. The van der Waals surface area contributed by atoms with Gasteiger partial charge in [-0.1, -0.05) is 23.5 Å². The molecule has 2 rings (SSSR count). The normalized spacial score (nSPS) is 10.3. The van der Waals surface area contributed by atoms with Crippen molar-refractivity contribution in [1.29, 1.82) is 0 Å². The molecule has 0 atom stereocenters. The monoisotopic (exact) mass is 262 g/mol. The summed E-state index contributed by atoms with van der Waals surface area (Å²) in [7, 11) is 0. The predicted octanol–water partition coefficient (Wildman–Crippen LogP) is 2.24. The maximum Gasteiger partial charge on any atom is 0.269 e. The summed E-state index contributed by atoms with van der Waals surface area (Å²) < 4.78 is 3.80. The largest absolute Gasteiger partial charge is 0.397 e. The van der Waals surface area contributed by atoms with Crippen LogP contribution in [0.25, 0.3) is 0 Å². The van der Waals surface area contributed by atoms with E-state index in [4.69, 9.17) is 5.73 Å². The minimum Gasteiger partial charge on any atom is -0.397 e. The molecule has 0 aliphatic heterocycles. The fraction of sp³-hybridized carbons (Fsp3) is 0.250. The van der Waals surface area contributed by atoms with Gasteiger partial charge in [-0.15, -0.1) is 5.10 Å². The zero-order valence-electron chi connectivity index (χ0n) is 10.2. The van der Waals surface area contributed by atoms with Gasteiger partial charge in [-0.25, -0.2) is 0 Å². The SMILES string of the molecule is CCc1nnsc1C(=O)Nc1c(C)cccc1N. The average Bonchev–Trinajstić information content (AvgIpc) is 2.82. The quantitative estimate of drug-likeness (QED) is 0.831. The number of aryl methyl sites for hydroxylation is 2. The number of rotatable bonds is 3. The summed E-state index contributed by atoms with van der Waals surface area (Å²) >= 11 is 1.10. The zero-order chi connectivity index (χ0) is 13.1. The lowest BCUT2D eigenvalue weighted by atomic mass is 10.1. The van der Waals surface area contributed by atoms with E-state index in [1.54, 1.807) is 6.07 Å². The van der Waals surface area contributed by atoms with E-state index in [0.717, 1.165) is 17.1 Å². The van der Waals surface area contributed by atoms with Gasteiger partial charge < -0.3 is 11.1 Å². The number of nitrogens with one attached hydrogen (secondary N) is 1. The van der Waals surface area contributed by atoms with Gasteiger partial charge in [-0.05, 0) is 36.5 Å². The summed E-state index contributed by atoms with van der Waals surface area (Å²) in [6.07, 6.45) is 0.683. The Morgan fingerprint density at radius 1 is 1.50 bits per heavy atom. The van der Waals surface area contributed by atoms with Crippen molar-refractivity contribution in [1.82, 2.24) is 9.59 Å². The molecule has 1 heterocycles. The van der Waals surface area contributed by atoms with Crippen molar-refractivity contribution in [2.45, 2.75) is 20.3 Å². The zero-order valence-corrected chi connectivity index (χ0v) is 11.0. The van der Waals surface area contributed by atoms with Crippen molar-refractivity contribution in [3.63, 3.8) is 0 Å². The lowest BCUT2D eigenvalue weighted by Crippen LogP contribution is -2.14. The van der Waals surface area contributed by atoms with Crippen molar-refractivity contribution in [3.8, 4) is 0 Å².